The number of hydrogen-bond acceptors (Lipinski definition) is 7. The number of methoxy groups -OCH3 is 3. The van der Waals surface area contributed by atoms with Crippen molar-refractivity contribution in [1.82, 2.24) is 0 Å². The van der Waals surface area contributed by atoms with Crippen LogP contribution in [0.3, 0.4) is 0 Å². The molecule has 0 aromatic heterocycles. The normalized spacial score (nSPS) is 10.4. The third kappa shape index (κ3) is 5.84. The SMILES string of the molecule is COc1cc(OC)c(OC)cc1/C=C/C(=O)OCC(=O)Nc1ccccc1C(C)=O. The molecule has 0 saturated heterocycles. The van der Waals surface area contributed by atoms with Crippen molar-refractivity contribution >= 4 is 29.4 Å². The highest BCUT2D eigenvalue weighted by Gasteiger charge is 2.12. The zero-order chi connectivity index (χ0) is 22.1. The molecule has 1 amide bonds. The molecule has 8 heteroatoms. The molecule has 158 valence electrons. The summed E-state index contributed by atoms with van der Waals surface area (Å²) >= 11 is 0. The van der Waals surface area contributed by atoms with Crippen LogP contribution in [0.25, 0.3) is 6.08 Å². The average Bonchev–Trinajstić information content (AvgIpc) is 2.75. The Kier molecular flexibility index (Phi) is 7.99. The monoisotopic (exact) mass is 413 g/mol. The molecule has 0 aliphatic rings. The van der Waals surface area contributed by atoms with Gasteiger partial charge in [-0.25, -0.2) is 4.79 Å². The van der Waals surface area contributed by atoms with Crippen LogP contribution < -0.4 is 19.5 Å². The van der Waals surface area contributed by atoms with Crippen LogP contribution in [-0.4, -0.2) is 45.6 Å². The Morgan fingerprint density at radius 2 is 1.57 bits per heavy atom. The van der Waals surface area contributed by atoms with E-state index in [9.17, 15) is 14.4 Å². The minimum absolute atomic E-state index is 0.185. The Morgan fingerprint density at radius 1 is 0.933 bits per heavy atom. The van der Waals surface area contributed by atoms with Crippen molar-refractivity contribution in [3.8, 4) is 17.2 Å². The lowest BCUT2D eigenvalue weighted by molar-refractivity contribution is -0.142. The average molecular weight is 413 g/mol. The van der Waals surface area contributed by atoms with E-state index in [0.29, 0.717) is 34.1 Å². The van der Waals surface area contributed by atoms with Gasteiger partial charge in [-0.1, -0.05) is 12.1 Å². The molecule has 0 heterocycles. The minimum atomic E-state index is -0.721. The Hall–Kier alpha value is -3.81. The number of esters is 1. The van der Waals surface area contributed by atoms with E-state index in [1.165, 1.54) is 40.4 Å². The summed E-state index contributed by atoms with van der Waals surface area (Å²) in [5.74, 6) is -0.0487. The van der Waals surface area contributed by atoms with Crippen molar-refractivity contribution in [2.45, 2.75) is 6.92 Å². The second kappa shape index (κ2) is 10.7. The van der Waals surface area contributed by atoms with Gasteiger partial charge in [0, 0.05) is 23.3 Å². The summed E-state index contributed by atoms with van der Waals surface area (Å²) in [6.07, 6.45) is 2.65. The summed E-state index contributed by atoms with van der Waals surface area (Å²) in [6.45, 7) is 0.900. The number of ether oxygens (including phenoxy) is 4. The molecular formula is C22H23NO7. The molecule has 30 heavy (non-hydrogen) atoms. The molecule has 0 bridgehead atoms. The first-order valence-corrected chi connectivity index (χ1v) is 8.94. The van der Waals surface area contributed by atoms with Gasteiger partial charge in [-0.2, -0.15) is 0 Å². The highest BCUT2D eigenvalue weighted by molar-refractivity contribution is 6.04. The maximum Gasteiger partial charge on any atom is 0.331 e. The van der Waals surface area contributed by atoms with Crippen molar-refractivity contribution in [2.75, 3.05) is 33.3 Å². The van der Waals surface area contributed by atoms with Gasteiger partial charge in [0.15, 0.2) is 23.9 Å². The van der Waals surface area contributed by atoms with Crippen LogP contribution in [0, 0.1) is 0 Å². The summed E-state index contributed by atoms with van der Waals surface area (Å²) in [5, 5.41) is 2.56. The number of nitrogens with one attached hydrogen (secondary N) is 1. The number of carbonyl (C=O) groups is 3. The first-order valence-electron chi connectivity index (χ1n) is 8.94. The third-order valence-electron chi connectivity index (χ3n) is 4.06. The second-order valence-corrected chi connectivity index (χ2v) is 6.04. The van der Waals surface area contributed by atoms with Crippen molar-refractivity contribution < 1.29 is 33.3 Å². The highest BCUT2D eigenvalue weighted by Crippen LogP contribution is 2.35. The maximum atomic E-state index is 12.0. The molecule has 2 rings (SSSR count). The minimum Gasteiger partial charge on any atom is -0.496 e. The van der Waals surface area contributed by atoms with Crippen molar-refractivity contribution in [3.63, 3.8) is 0 Å². The quantitative estimate of drug-likeness (QED) is 0.383. The van der Waals surface area contributed by atoms with Crippen LogP contribution in [0.2, 0.25) is 0 Å². The molecular weight excluding hydrogens is 390 g/mol. The summed E-state index contributed by atoms with van der Waals surface area (Å²) in [6, 6.07) is 9.85. The van der Waals surface area contributed by atoms with Crippen LogP contribution in [0.5, 0.6) is 17.2 Å². The van der Waals surface area contributed by atoms with E-state index in [2.05, 4.69) is 5.32 Å². The number of rotatable bonds is 9. The number of para-hydroxylation sites is 1. The van der Waals surface area contributed by atoms with E-state index in [4.69, 9.17) is 18.9 Å². The van der Waals surface area contributed by atoms with Crippen molar-refractivity contribution in [1.29, 1.82) is 0 Å². The first-order chi connectivity index (χ1) is 14.4. The smallest absolute Gasteiger partial charge is 0.331 e. The molecule has 0 saturated carbocycles. The van der Waals surface area contributed by atoms with Crippen LogP contribution in [-0.2, 0) is 14.3 Å². The fourth-order valence-electron chi connectivity index (χ4n) is 2.61. The maximum absolute atomic E-state index is 12.0. The molecule has 0 radical (unpaired) electrons. The van der Waals surface area contributed by atoms with E-state index in [0.717, 1.165) is 0 Å². The van der Waals surface area contributed by atoms with Gasteiger partial charge in [0.2, 0.25) is 0 Å². The third-order valence-corrected chi connectivity index (χ3v) is 4.06. The fraction of sp³-hybridized carbons (Fsp3) is 0.227. The standard InChI is InChI=1S/C22H23NO7/c1-14(24)16-7-5-6-8-17(16)23-21(25)13-30-22(26)10-9-15-11-19(28-3)20(29-4)12-18(15)27-2/h5-12H,13H2,1-4H3,(H,23,25)/b10-9+. The predicted molar refractivity (Wildman–Crippen MR) is 111 cm³/mol. The number of hydrogen-bond donors (Lipinski definition) is 1. The number of carbonyl (C=O) groups excluding carboxylic acids is 3. The fourth-order valence-corrected chi connectivity index (χ4v) is 2.61. The van der Waals surface area contributed by atoms with Crippen molar-refractivity contribution in [2.24, 2.45) is 0 Å². The molecule has 0 aliphatic carbocycles. The molecule has 2 aromatic carbocycles. The van der Waals surface area contributed by atoms with Gasteiger partial charge >= 0.3 is 5.97 Å². The lowest BCUT2D eigenvalue weighted by Gasteiger charge is -2.12. The number of amides is 1. The number of Topliss-reactive ketones (excluding diaryl/α,β-unsaturated/α-hetero) is 1. The first kappa shape index (κ1) is 22.5. The van der Waals surface area contributed by atoms with E-state index in [1.807, 2.05) is 0 Å². The number of benzene rings is 2. The lowest BCUT2D eigenvalue weighted by Crippen LogP contribution is -2.21. The molecule has 0 aliphatic heterocycles. The van der Waals surface area contributed by atoms with Gasteiger partial charge in [0.25, 0.3) is 5.91 Å². The number of ketones is 1. The highest BCUT2D eigenvalue weighted by atomic mass is 16.5. The van der Waals surface area contributed by atoms with Gasteiger partial charge in [-0.15, -0.1) is 0 Å². The topological polar surface area (TPSA) is 100 Å². The predicted octanol–water partition coefficient (Wildman–Crippen LogP) is 3.11. The van der Waals surface area contributed by atoms with E-state index < -0.39 is 18.5 Å². The molecule has 1 N–H and O–H groups in total. The van der Waals surface area contributed by atoms with Gasteiger partial charge in [0.1, 0.15) is 5.75 Å². The molecule has 0 fully saturated rings. The molecule has 0 atom stereocenters. The largest absolute Gasteiger partial charge is 0.496 e. The Morgan fingerprint density at radius 3 is 2.20 bits per heavy atom. The summed E-state index contributed by atoms with van der Waals surface area (Å²) in [5.41, 5.74) is 1.29. The zero-order valence-corrected chi connectivity index (χ0v) is 17.2. The molecule has 2 aromatic rings. The Balaban J connectivity index is 2.00. The van der Waals surface area contributed by atoms with Gasteiger partial charge in [-0.05, 0) is 31.2 Å². The van der Waals surface area contributed by atoms with Gasteiger partial charge in [-0.3, -0.25) is 9.59 Å². The van der Waals surface area contributed by atoms with Crippen LogP contribution in [0.15, 0.2) is 42.5 Å². The zero-order valence-electron chi connectivity index (χ0n) is 17.2. The summed E-state index contributed by atoms with van der Waals surface area (Å²) < 4.78 is 20.7. The lowest BCUT2D eigenvalue weighted by atomic mass is 10.1. The summed E-state index contributed by atoms with van der Waals surface area (Å²) in [4.78, 5) is 35.6. The van der Waals surface area contributed by atoms with Gasteiger partial charge in [0.05, 0.1) is 27.0 Å². The van der Waals surface area contributed by atoms with Crippen molar-refractivity contribution in [3.05, 3.63) is 53.6 Å². The molecule has 0 unspecified atom stereocenters. The van der Waals surface area contributed by atoms with E-state index in [-0.39, 0.29) is 5.78 Å². The van der Waals surface area contributed by atoms with Gasteiger partial charge < -0.3 is 24.3 Å². The molecule has 0 spiro atoms. The Labute approximate surface area is 174 Å². The summed E-state index contributed by atoms with van der Waals surface area (Å²) in [7, 11) is 4.49. The van der Waals surface area contributed by atoms with E-state index in [1.54, 1.807) is 36.4 Å². The van der Waals surface area contributed by atoms with Crippen LogP contribution in [0.4, 0.5) is 5.69 Å². The Bertz CT molecular complexity index is 966. The molecule has 8 nitrogen and oxygen atoms in total. The van der Waals surface area contributed by atoms with E-state index >= 15 is 0 Å². The second-order valence-electron chi connectivity index (χ2n) is 6.04. The number of anilines is 1. The van der Waals surface area contributed by atoms with Crippen LogP contribution >= 0.6 is 0 Å². The van der Waals surface area contributed by atoms with Crippen LogP contribution in [0.1, 0.15) is 22.8 Å².